The molecular weight excluding hydrogens is 274 g/mol. The van der Waals surface area contributed by atoms with Gasteiger partial charge in [0.1, 0.15) is 12.2 Å². The van der Waals surface area contributed by atoms with Crippen molar-refractivity contribution in [3.63, 3.8) is 0 Å². The molecule has 0 saturated carbocycles. The van der Waals surface area contributed by atoms with Crippen molar-refractivity contribution in [2.75, 3.05) is 12.3 Å². The zero-order valence-electron chi connectivity index (χ0n) is 11.4. The molecule has 0 atom stereocenters. The average Bonchev–Trinajstić information content (AvgIpc) is 2.83. The minimum absolute atomic E-state index is 0.0304. The van der Waals surface area contributed by atoms with Gasteiger partial charge in [0, 0.05) is 11.3 Å². The minimum atomic E-state index is -0.611. The number of carbonyl (C=O) groups is 2. The molecule has 1 amide bonds. The number of nitrogen functional groups attached to an aromatic ring is 1. The normalized spacial score (nSPS) is 10.3. The molecular formula is C13H15N5O3. The first-order valence-corrected chi connectivity index (χ1v) is 6.27. The average molecular weight is 289 g/mol. The van der Waals surface area contributed by atoms with E-state index in [2.05, 4.69) is 10.3 Å². The van der Waals surface area contributed by atoms with Gasteiger partial charge in [-0.1, -0.05) is 17.3 Å². The van der Waals surface area contributed by atoms with Crippen LogP contribution in [-0.4, -0.2) is 33.5 Å². The van der Waals surface area contributed by atoms with Crippen molar-refractivity contribution < 1.29 is 14.3 Å². The molecule has 1 aromatic heterocycles. The molecule has 1 aromatic carbocycles. The number of nitrogens with zero attached hydrogens (tertiary/aromatic N) is 3. The number of esters is 1. The second-order valence-corrected chi connectivity index (χ2v) is 4.25. The lowest BCUT2D eigenvalue weighted by molar-refractivity contribution is -0.118. The fourth-order valence-electron chi connectivity index (χ4n) is 1.84. The summed E-state index contributed by atoms with van der Waals surface area (Å²) in [6, 6.07) is 6.75. The van der Waals surface area contributed by atoms with E-state index in [0.29, 0.717) is 16.9 Å². The lowest BCUT2D eigenvalue weighted by atomic mass is 10.1. The summed E-state index contributed by atoms with van der Waals surface area (Å²) >= 11 is 0. The monoisotopic (exact) mass is 289 g/mol. The molecule has 8 heteroatoms. The Morgan fingerprint density at radius 2 is 1.95 bits per heavy atom. The minimum Gasteiger partial charge on any atom is -0.461 e. The standard InChI is InChI=1S/C13H15N5O3/c1-2-21-13(20)11-12(8-3-5-9(14)6-4-8)18(17-16-11)7-10(15)19/h3-6H,2,7,14H2,1H3,(H2,15,19). The van der Waals surface area contributed by atoms with E-state index in [9.17, 15) is 9.59 Å². The van der Waals surface area contributed by atoms with E-state index >= 15 is 0 Å². The van der Waals surface area contributed by atoms with Gasteiger partial charge in [0.15, 0.2) is 5.69 Å². The highest BCUT2D eigenvalue weighted by Gasteiger charge is 2.22. The largest absolute Gasteiger partial charge is 0.461 e. The van der Waals surface area contributed by atoms with Crippen molar-refractivity contribution in [2.45, 2.75) is 13.5 Å². The van der Waals surface area contributed by atoms with Crippen LogP contribution in [-0.2, 0) is 16.1 Å². The molecule has 2 rings (SSSR count). The van der Waals surface area contributed by atoms with Crippen LogP contribution < -0.4 is 11.5 Å². The fraction of sp³-hybridized carbons (Fsp3) is 0.231. The summed E-state index contributed by atoms with van der Waals surface area (Å²) in [6.45, 7) is 1.71. The number of hydrogen-bond acceptors (Lipinski definition) is 6. The Kier molecular flexibility index (Phi) is 4.17. The number of hydrogen-bond donors (Lipinski definition) is 2. The lowest BCUT2D eigenvalue weighted by Gasteiger charge is -2.07. The number of ether oxygens (including phenoxy) is 1. The summed E-state index contributed by atoms with van der Waals surface area (Å²) in [5, 5.41) is 7.58. The first-order valence-electron chi connectivity index (χ1n) is 6.27. The maximum absolute atomic E-state index is 11.9. The van der Waals surface area contributed by atoms with Gasteiger partial charge in [-0.25, -0.2) is 9.48 Å². The molecule has 0 bridgehead atoms. The molecule has 0 fully saturated rings. The smallest absolute Gasteiger partial charge is 0.361 e. The van der Waals surface area contributed by atoms with Gasteiger partial charge < -0.3 is 16.2 Å². The molecule has 1 heterocycles. The Balaban J connectivity index is 2.52. The zero-order valence-corrected chi connectivity index (χ0v) is 11.4. The van der Waals surface area contributed by atoms with E-state index in [-0.39, 0.29) is 18.8 Å². The van der Waals surface area contributed by atoms with E-state index in [1.165, 1.54) is 4.68 Å². The molecule has 0 aliphatic rings. The van der Waals surface area contributed by atoms with Crippen LogP contribution in [0.1, 0.15) is 17.4 Å². The van der Waals surface area contributed by atoms with Crippen molar-refractivity contribution in [1.82, 2.24) is 15.0 Å². The predicted molar refractivity (Wildman–Crippen MR) is 75.0 cm³/mol. The molecule has 21 heavy (non-hydrogen) atoms. The van der Waals surface area contributed by atoms with Crippen molar-refractivity contribution in [2.24, 2.45) is 5.73 Å². The summed E-state index contributed by atoms with van der Waals surface area (Å²) in [5.74, 6) is -1.20. The molecule has 0 aliphatic carbocycles. The van der Waals surface area contributed by atoms with Gasteiger partial charge in [-0.3, -0.25) is 4.79 Å². The molecule has 0 spiro atoms. The molecule has 4 N–H and O–H groups in total. The third kappa shape index (κ3) is 3.16. The molecule has 0 aliphatic heterocycles. The zero-order chi connectivity index (χ0) is 15.4. The van der Waals surface area contributed by atoms with E-state index in [1.807, 2.05) is 0 Å². The van der Waals surface area contributed by atoms with Gasteiger partial charge in [-0.05, 0) is 19.1 Å². The molecule has 2 aromatic rings. The Bertz CT molecular complexity index is 663. The Hall–Kier alpha value is -2.90. The summed E-state index contributed by atoms with van der Waals surface area (Å²) in [6.07, 6.45) is 0. The topological polar surface area (TPSA) is 126 Å². The number of benzene rings is 1. The first-order chi connectivity index (χ1) is 10.0. The van der Waals surface area contributed by atoms with Crippen LogP contribution in [0.4, 0.5) is 5.69 Å². The van der Waals surface area contributed by atoms with Gasteiger partial charge in [0.2, 0.25) is 5.91 Å². The fourth-order valence-corrected chi connectivity index (χ4v) is 1.84. The second kappa shape index (κ2) is 6.04. The van der Waals surface area contributed by atoms with Crippen molar-refractivity contribution in [1.29, 1.82) is 0 Å². The van der Waals surface area contributed by atoms with Crippen LogP contribution in [0.15, 0.2) is 24.3 Å². The molecule has 0 radical (unpaired) electrons. The lowest BCUT2D eigenvalue weighted by Crippen LogP contribution is -2.20. The quantitative estimate of drug-likeness (QED) is 0.597. The number of rotatable bonds is 5. The third-order valence-corrected chi connectivity index (χ3v) is 2.69. The Morgan fingerprint density at radius 3 is 2.52 bits per heavy atom. The number of carbonyl (C=O) groups excluding carboxylic acids is 2. The van der Waals surface area contributed by atoms with Gasteiger partial charge >= 0.3 is 5.97 Å². The Morgan fingerprint density at radius 1 is 1.29 bits per heavy atom. The van der Waals surface area contributed by atoms with Crippen LogP contribution in [0, 0.1) is 0 Å². The SMILES string of the molecule is CCOC(=O)c1nnn(CC(N)=O)c1-c1ccc(N)cc1. The van der Waals surface area contributed by atoms with Crippen LogP contribution in [0.25, 0.3) is 11.3 Å². The summed E-state index contributed by atoms with van der Waals surface area (Å²) in [5.41, 5.74) is 12.4. The highest BCUT2D eigenvalue weighted by atomic mass is 16.5. The molecule has 8 nitrogen and oxygen atoms in total. The highest BCUT2D eigenvalue weighted by molar-refractivity contribution is 5.94. The van der Waals surface area contributed by atoms with Crippen LogP contribution in [0.3, 0.4) is 0 Å². The van der Waals surface area contributed by atoms with E-state index < -0.39 is 11.9 Å². The first kappa shape index (κ1) is 14.5. The summed E-state index contributed by atoms with van der Waals surface area (Å²) in [7, 11) is 0. The number of amides is 1. The number of nitrogens with two attached hydrogens (primary N) is 2. The van der Waals surface area contributed by atoms with Gasteiger partial charge in [0.05, 0.1) is 6.61 Å². The van der Waals surface area contributed by atoms with Crippen LogP contribution in [0.5, 0.6) is 0 Å². The third-order valence-electron chi connectivity index (χ3n) is 2.69. The van der Waals surface area contributed by atoms with Crippen LogP contribution in [0.2, 0.25) is 0 Å². The van der Waals surface area contributed by atoms with Crippen molar-refractivity contribution >= 4 is 17.6 Å². The van der Waals surface area contributed by atoms with Gasteiger partial charge in [-0.15, -0.1) is 5.10 Å². The number of primary amides is 1. The number of anilines is 1. The van der Waals surface area contributed by atoms with Crippen molar-refractivity contribution in [3.8, 4) is 11.3 Å². The molecule has 110 valence electrons. The second-order valence-electron chi connectivity index (χ2n) is 4.25. The predicted octanol–water partition coefficient (Wildman–Crippen LogP) is 0.189. The molecule has 0 unspecified atom stereocenters. The summed E-state index contributed by atoms with van der Waals surface area (Å²) < 4.78 is 6.20. The maximum Gasteiger partial charge on any atom is 0.361 e. The molecule has 0 saturated heterocycles. The van der Waals surface area contributed by atoms with Gasteiger partial charge in [0.25, 0.3) is 0 Å². The maximum atomic E-state index is 11.9. The van der Waals surface area contributed by atoms with Crippen LogP contribution >= 0.6 is 0 Å². The Labute approximate surface area is 120 Å². The van der Waals surface area contributed by atoms with E-state index in [0.717, 1.165) is 0 Å². The summed E-state index contributed by atoms with van der Waals surface area (Å²) in [4.78, 5) is 23.0. The number of aromatic nitrogens is 3. The highest BCUT2D eigenvalue weighted by Crippen LogP contribution is 2.24. The van der Waals surface area contributed by atoms with Crippen molar-refractivity contribution in [3.05, 3.63) is 30.0 Å². The van der Waals surface area contributed by atoms with E-state index in [4.69, 9.17) is 16.2 Å². The van der Waals surface area contributed by atoms with E-state index in [1.54, 1.807) is 31.2 Å². The van der Waals surface area contributed by atoms with Gasteiger partial charge in [-0.2, -0.15) is 0 Å².